The van der Waals surface area contributed by atoms with Crippen LogP contribution in [0, 0.1) is 11.3 Å². The minimum absolute atomic E-state index is 0.503. The van der Waals surface area contributed by atoms with Gasteiger partial charge in [-0.15, -0.1) is 0 Å². The highest BCUT2D eigenvalue weighted by atomic mass is 15.2. The molecule has 2 heterocycles. The molecule has 3 N–H and O–H groups in total. The van der Waals surface area contributed by atoms with Crippen molar-refractivity contribution in [3.05, 3.63) is 66.2 Å². The van der Waals surface area contributed by atoms with Crippen molar-refractivity contribution in [2.24, 2.45) is 0 Å². The predicted octanol–water partition coefficient (Wildman–Crippen LogP) is 3.75. The third-order valence-electron chi connectivity index (χ3n) is 3.95. The summed E-state index contributed by atoms with van der Waals surface area (Å²) in [5, 5.41) is 16.8. The van der Waals surface area contributed by atoms with Gasteiger partial charge in [0.1, 0.15) is 5.82 Å². The number of rotatable bonds is 2. The third-order valence-corrected chi connectivity index (χ3v) is 3.95. The Morgan fingerprint density at radius 3 is 2.42 bits per heavy atom. The van der Waals surface area contributed by atoms with Gasteiger partial charge in [-0.25, -0.2) is 4.98 Å². The molecule has 4 rings (SSSR count). The Bertz CT molecular complexity index is 1060. The number of H-pyrrole nitrogens is 1. The molecule has 0 aliphatic heterocycles. The van der Waals surface area contributed by atoms with Gasteiger partial charge in [0.25, 0.3) is 0 Å². The van der Waals surface area contributed by atoms with E-state index in [1.54, 1.807) is 12.1 Å². The first-order chi connectivity index (χ1) is 11.8. The Hall–Kier alpha value is -3.65. The lowest BCUT2D eigenvalue weighted by atomic mass is 10.00. The fraction of sp³-hybridized carbons (Fsp3) is 0. The second-order valence-corrected chi connectivity index (χ2v) is 5.45. The summed E-state index contributed by atoms with van der Waals surface area (Å²) in [4.78, 5) is 4.60. The summed E-state index contributed by atoms with van der Waals surface area (Å²) >= 11 is 0. The van der Waals surface area contributed by atoms with Crippen molar-refractivity contribution in [1.29, 1.82) is 5.26 Å². The van der Waals surface area contributed by atoms with E-state index in [1.165, 1.54) is 0 Å². The zero-order chi connectivity index (χ0) is 16.5. The van der Waals surface area contributed by atoms with Crippen LogP contribution < -0.4 is 5.73 Å². The number of pyridine rings is 1. The average Bonchev–Trinajstić information content (AvgIpc) is 3.03. The normalized spacial score (nSPS) is 10.6. The summed E-state index contributed by atoms with van der Waals surface area (Å²) < 4.78 is 0. The summed E-state index contributed by atoms with van der Waals surface area (Å²) in [5.41, 5.74) is 11.0. The van der Waals surface area contributed by atoms with E-state index in [1.807, 2.05) is 48.5 Å². The Labute approximate surface area is 138 Å². The first-order valence-corrected chi connectivity index (χ1v) is 7.47. The molecular weight excluding hydrogens is 298 g/mol. The molecule has 0 aliphatic rings. The highest BCUT2D eigenvalue weighted by Gasteiger charge is 2.14. The molecule has 4 aromatic rings. The van der Waals surface area contributed by atoms with Crippen LogP contribution in [0.2, 0.25) is 0 Å². The fourth-order valence-electron chi connectivity index (χ4n) is 2.76. The second kappa shape index (κ2) is 5.52. The van der Waals surface area contributed by atoms with Crippen LogP contribution in [0.15, 0.2) is 60.7 Å². The maximum atomic E-state index is 8.94. The van der Waals surface area contributed by atoms with E-state index in [0.717, 1.165) is 27.8 Å². The molecule has 0 spiro atoms. The first-order valence-electron chi connectivity index (χ1n) is 7.47. The summed E-state index contributed by atoms with van der Waals surface area (Å²) in [6.07, 6.45) is 0. The molecule has 5 heteroatoms. The predicted molar refractivity (Wildman–Crippen MR) is 93.9 cm³/mol. The van der Waals surface area contributed by atoms with Crippen molar-refractivity contribution >= 4 is 16.9 Å². The van der Waals surface area contributed by atoms with Crippen LogP contribution in [-0.4, -0.2) is 15.2 Å². The van der Waals surface area contributed by atoms with E-state index in [-0.39, 0.29) is 0 Å². The molecule has 0 amide bonds. The van der Waals surface area contributed by atoms with Gasteiger partial charge in [0.05, 0.1) is 22.7 Å². The molecule has 24 heavy (non-hydrogen) atoms. The summed E-state index contributed by atoms with van der Waals surface area (Å²) in [7, 11) is 0. The average molecular weight is 311 g/mol. The fourth-order valence-corrected chi connectivity index (χ4v) is 2.76. The number of fused-ring (bicyclic) bond motifs is 1. The van der Waals surface area contributed by atoms with Crippen molar-refractivity contribution in [2.45, 2.75) is 0 Å². The molecule has 0 aliphatic carbocycles. The summed E-state index contributed by atoms with van der Waals surface area (Å²) in [5.74, 6) is 0.503. The van der Waals surface area contributed by atoms with Crippen LogP contribution in [0.1, 0.15) is 5.56 Å². The lowest BCUT2D eigenvalue weighted by Gasteiger charge is -2.08. The zero-order valence-corrected chi connectivity index (χ0v) is 12.7. The number of nitriles is 1. The maximum Gasteiger partial charge on any atom is 0.184 e. The Morgan fingerprint density at radius 2 is 1.71 bits per heavy atom. The van der Waals surface area contributed by atoms with E-state index < -0.39 is 0 Å². The standard InChI is InChI=1S/C19H13N5/c20-11-12-6-8-14(9-7-12)16-10-15(13-4-2-1-3-5-13)17-18(21)23-24-19(17)22-16/h1-10H,(H3,21,22,23,24). The number of hydrogen-bond acceptors (Lipinski definition) is 4. The molecule has 0 atom stereocenters. The summed E-state index contributed by atoms with van der Waals surface area (Å²) in [6, 6.07) is 21.5. The van der Waals surface area contributed by atoms with E-state index in [9.17, 15) is 0 Å². The molecule has 0 saturated heterocycles. The smallest absolute Gasteiger partial charge is 0.184 e. The molecule has 2 aromatic heterocycles. The molecule has 0 radical (unpaired) electrons. The van der Waals surface area contributed by atoms with Crippen LogP contribution in [0.3, 0.4) is 0 Å². The van der Waals surface area contributed by atoms with Gasteiger partial charge in [0, 0.05) is 5.56 Å². The maximum absolute atomic E-state index is 8.94. The third kappa shape index (κ3) is 2.27. The number of nitrogens with zero attached hydrogens (tertiary/aromatic N) is 3. The van der Waals surface area contributed by atoms with Gasteiger partial charge in [-0.05, 0) is 29.3 Å². The largest absolute Gasteiger partial charge is 0.383 e. The number of nitrogens with one attached hydrogen (secondary N) is 1. The van der Waals surface area contributed by atoms with E-state index in [2.05, 4.69) is 21.3 Å². The van der Waals surface area contributed by atoms with Gasteiger partial charge >= 0.3 is 0 Å². The molecule has 2 aromatic carbocycles. The Balaban J connectivity index is 1.96. The van der Waals surface area contributed by atoms with Crippen molar-refractivity contribution in [1.82, 2.24) is 15.2 Å². The number of aromatic nitrogens is 3. The first kappa shape index (κ1) is 14.0. The van der Waals surface area contributed by atoms with E-state index >= 15 is 0 Å². The van der Waals surface area contributed by atoms with Gasteiger partial charge in [0.15, 0.2) is 5.65 Å². The van der Waals surface area contributed by atoms with E-state index in [4.69, 9.17) is 11.0 Å². The molecule has 0 unspecified atom stereocenters. The lowest BCUT2D eigenvalue weighted by molar-refractivity contribution is 1.11. The van der Waals surface area contributed by atoms with Crippen LogP contribution in [0.25, 0.3) is 33.4 Å². The Kier molecular flexibility index (Phi) is 3.22. The van der Waals surface area contributed by atoms with Crippen LogP contribution in [-0.2, 0) is 0 Å². The van der Waals surface area contributed by atoms with Gasteiger partial charge in [-0.2, -0.15) is 10.4 Å². The number of anilines is 1. The quantitative estimate of drug-likeness (QED) is 0.590. The number of nitrogen functional groups attached to an aromatic ring is 1. The van der Waals surface area contributed by atoms with Gasteiger partial charge in [-0.3, -0.25) is 5.10 Å². The van der Waals surface area contributed by atoms with E-state index in [0.29, 0.717) is 17.0 Å². The van der Waals surface area contributed by atoms with Crippen molar-refractivity contribution in [2.75, 3.05) is 5.73 Å². The number of benzene rings is 2. The van der Waals surface area contributed by atoms with Crippen LogP contribution in [0.5, 0.6) is 0 Å². The van der Waals surface area contributed by atoms with Gasteiger partial charge in [0.2, 0.25) is 0 Å². The minimum atomic E-state index is 0.503. The topological polar surface area (TPSA) is 91.4 Å². The molecular formula is C19H13N5. The van der Waals surface area contributed by atoms with Crippen LogP contribution >= 0.6 is 0 Å². The molecule has 0 fully saturated rings. The monoisotopic (exact) mass is 311 g/mol. The number of nitrogens with two attached hydrogens (primary N) is 1. The molecule has 0 saturated carbocycles. The number of hydrogen-bond donors (Lipinski definition) is 2. The number of aromatic amines is 1. The molecule has 0 bridgehead atoms. The minimum Gasteiger partial charge on any atom is -0.383 e. The summed E-state index contributed by atoms with van der Waals surface area (Å²) in [6.45, 7) is 0. The SMILES string of the molecule is N#Cc1ccc(-c2cc(-c3ccccc3)c3c(N)[nH]nc3n2)cc1. The Morgan fingerprint density at radius 1 is 0.958 bits per heavy atom. The second-order valence-electron chi connectivity index (χ2n) is 5.45. The zero-order valence-electron chi connectivity index (χ0n) is 12.7. The highest BCUT2D eigenvalue weighted by Crippen LogP contribution is 2.33. The molecule has 114 valence electrons. The lowest BCUT2D eigenvalue weighted by Crippen LogP contribution is -1.91. The van der Waals surface area contributed by atoms with Crippen molar-refractivity contribution < 1.29 is 0 Å². The highest BCUT2D eigenvalue weighted by molar-refractivity contribution is 6.01. The van der Waals surface area contributed by atoms with Gasteiger partial charge in [-0.1, -0.05) is 42.5 Å². The van der Waals surface area contributed by atoms with Crippen molar-refractivity contribution in [3.63, 3.8) is 0 Å². The van der Waals surface area contributed by atoms with Crippen LogP contribution in [0.4, 0.5) is 5.82 Å². The van der Waals surface area contributed by atoms with Gasteiger partial charge < -0.3 is 5.73 Å². The van der Waals surface area contributed by atoms with Crippen molar-refractivity contribution in [3.8, 4) is 28.5 Å². The molecule has 5 nitrogen and oxygen atoms in total.